The molecule has 1 heterocycles. The summed E-state index contributed by atoms with van der Waals surface area (Å²) in [6.45, 7) is 1.39. The van der Waals surface area contributed by atoms with E-state index in [0.717, 1.165) is 4.31 Å². The summed E-state index contributed by atoms with van der Waals surface area (Å²) in [6.07, 6.45) is 1.57. The molecule has 0 amide bonds. The molecule has 0 spiro atoms. The van der Waals surface area contributed by atoms with Crippen LogP contribution in [0.2, 0.25) is 5.02 Å². The van der Waals surface area contributed by atoms with Gasteiger partial charge in [0.2, 0.25) is 10.0 Å². The minimum atomic E-state index is -3.59. The van der Waals surface area contributed by atoms with E-state index in [1.54, 1.807) is 13.0 Å². The molecule has 1 aromatic carbocycles. The number of halogens is 2. The molecule has 3 N–H and O–H groups in total. The van der Waals surface area contributed by atoms with Crippen LogP contribution in [0, 0.1) is 6.92 Å². The molecule has 10 heteroatoms. The minimum Gasteiger partial charge on any atom is -0.390 e. The minimum absolute atomic E-state index is 0.0746. The van der Waals surface area contributed by atoms with Gasteiger partial charge in [-0.15, -0.1) is 0 Å². The number of aryl methyl sites for hydroxylation is 1. The highest BCUT2D eigenvalue weighted by Gasteiger charge is 2.20. The van der Waals surface area contributed by atoms with Crippen LogP contribution in [-0.4, -0.2) is 48.3 Å². The Morgan fingerprint density at radius 2 is 2.11 bits per heavy atom. The van der Waals surface area contributed by atoms with Crippen molar-refractivity contribution < 1.29 is 17.9 Å². The smallest absolute Gasteiger partial charge is 0.242 e. The van der Waals surface area contributed by atoms with Crippen molar-refractivity contribution in [2.75, 3.05) is 20.6 Å². The Hall–Kier alpha value is -1.78. The normalized spacial score (nSPS) is 12.8. The third-order valence-corrected chi connectivity index (χ3v) is 6.49. The molecule has 2 rings (SSSR count). The van der Waals surface area contributed by atoms with Gasteiger partial charge in [-0.25, -0.2) is 17.1 Å². The second-order valence-electron chi connectivity index (χ2n) is 6.43. The summed E-state index contributed by atoms with van der Waals surface area (Å²) in [5.41, 5.74) is 7.81. The number of hydrogen-bond donors (Lipinski definition) is 2. The zero-order valence-electron chi connectivity index (χ0n) is 16.0. The summed E-state index contributed by atoms with van der Waals surface area (Å²) in [7, 11) is -0.700. The van der Waals surface area contributed by atoms with Gasteiger partial charge in [0.15, 0.2) is 0 Å². The maximum atomic E-state index is 13.8. The summed E-state index contributed by atoms with van der Waals surface area (Å²) in [4.78, 5) is 0.0926. The zero-order chi connectivity index (χ0) is 21.1. The van der Waals surface area contributed by atoms with E-state index in [1.807, 2.05) is 0 Å². The van der Waals surface area contributed by atoms with Crippen molar-refractivity contribution in [1.29, 1.82) is 0 Å². The molecule has 2 aromatic rings. The standard InChI is InChI=1S/C18H24ClFN4O3S/c1-12-16(18(11-25)24(22-12)10-14(20)6-7-21)8-13-4-5-15(9-17(13)19)28(26,27)23(2)3/h4-6,9,25H,7-8,10-11,21H2,1-3H3/b14-6-. The second-order valence-corrected chi connectivity index (χ2v) is 8.99. The molecule has 0 aliphatic rings. The summed E-state index contributed by atoms with van der Waals surface area (Å²) in [6, 6.07) is 4.51. The quantitative estimate of drug-likeness (QED) is 0.666. The lowest BCUT2D eigenvalue weighted by Gasteiger charge is -2.13. The van der Waals surface area contributed by atoms with E-state index in [9.17, 15) is 17.9 Å². The molecule has 0 saturated carbocycles. The maximum absolute atomic E-state index is 13.8. The average Bonchev–Trinajstić information content (AvgIpc) is 2.90. The molecule has 0 unspecified atom stereocenters. The highest BCUT2D eigenvalue weighted by Crippen LogP contribution is 2.27. The Kier molecular flexibility index (Phi) is 7.35. The molecule has 154 valence electrons. The van der Waals surface area contributed by atoms with E-state index in [-0.39, 0.29) is 29.6 Å². The predicted molar refractivity (Wildman–Crippen MR) is 106 cm³/mol. The SMILES string of the molecule is Cc1nn(C/C(F)=C/CN)c(CO)c1Cc1ccc(S(=O)(=O)N(C)C)cc1Cl. The molecule has 7 nitrogen and oxygen atoms in total. The largest absolute Gasteiger partial charge is 0.390 e. The van der Waals surface area contributed by atoms with Gasteiger partial charge in [-0.05, 0) is 30.7 Å². The monoisotopic (exact) mass is 430 g/mol. The van der Waals surface area contributed by atoms with Crippen molar-refractivity contribution in [3.63, 3.8) is 0 Å². The first-order chi connectivity index (χ1) is 13.1. The van der Waals surface area contributed by atoms with Gasteiger partial charge >= 0.3 is 0 Å². The van der Waals surface area contributed by atoms with E-state index in [1.165, 1.54) is 37.0 Å². The number of allylic oxidation sites excluding steroid dienone is 1. The fraction of sp³-hybridized carbons (Fsp3) is 0.389. The molecule has 0 bridgehead atoms. The molecule has 0 aliphatic heterocycles. The van der Waals surface area contributed by atoms with Gasteiger partial charge in [0.1, 0.15) is 5.83 Å². The first-order valence-electron chi connectivity index (χ1n) is 8.53. The van der Waals surface area contributed by atoms with E-state index in [0.29, 0.717) is 28.9 Å². The summed E-state index contributed by atoms with van der Waals surface area (Å²) < 4.78 is 40.8. The number of rotatable bonds is 8. The number of sulfonamides is 1. The van der Waals surface area contributed by atoms with Crippen molar-refractivity contribution in [3.8, 4) is 0 Å². The third kappa shape index (κ3) is 4.79. The van der Waals surface area contributed by atoms with Crippen molar-refractivity contribution >= 4 is 21.6 Å². The van der Waals surface area contributed by atoms with Gasteiger partial charge in [0, 0.05) is 37.6 Å². The number of aliphatic hydroxyl groups is 1. The van der Waals surface area contributed by atoms with Crippen molar-refractivity contribution in [2.24, 2.45) is 5.73 Å². The van der Waals surface area contributed by atoms with E-state index >= 15 is 0 Å². The van der Waals surface area contributed by atoms with E-state index < -0.39 is 15.9 Å². The van der Waals surface area contributed by atoms with Gasteiger partial charge in [-0.1, -0.05) is 17.7 Å². The average molecular weight is 431 g/mol. The van der Waals surface area contributed by atoms with Crippen LogP contribution in [0.1, 0.15) is 22.5 Å². The van der Waals surface area contributed by atoms with Gasteiger partial charge in [-0.3, -0.25) is 4.68 Å². The molecular formula is C18H24ClFN4O3S. The number of aromatic nitrogens is 2. The van der Waals surface area contributed by atoms with E-state index in [2.05, 4.69) is 5.10 Å². The van der Waals surface area contributed by atoms with Crippen LogP contribution >= 0.6 is 11.6 Å². The first kappa shape index (κ1) is 22.5. The Morgan fingerprint density at radius 1 is 1.43 bits per heavy atom. The van der Waals surface area contributed by atoms with E-state index in [4.69, 9.17) is 17.3 Å². The number of nitrogens with zero attached hydrogens (tertiary/aromatic N) is 3. The fourth-order valence-corrected chi connectivity index (χ4v) is 4.01. The number of nitrogens with two attached hydrogens (primary N) is 1. The molecule has 0 atom stereocenters. The molecule has 0 aliphatic carbocycles. The van der Waals surface area contributed by atoms with Gasteiger partial charge < -0.3 is 10.8 Å². The van der Waals surface area contributed by atoms with Crippen LogP contribution in [-0.2, 0) is 29.6 Å². The summed E-state index contributed by atoms with van der Waals surface area (Å²) >= 11 is 6.31. The van der Waals surface area contributed by atoms with Crippen LogP contribution in [0.25, 0.3) is 0 Å². The molecule has 0 radical (unpaired) electrons. The molecule has 0 fully saturated rings. The van der Waals surface area contributed by atoms with Crippen molar-refractivity contribution in [1.82, 2.24) is 14.1 Å². The Bertz CT molecular complexity index is 987. The molecule has 28 heavy (non-hydrogen) atoms. The summed E-state index contributed by atoms with van der Waals surface area (Å²) in [5.74, 6) is -0.442. The lowest BCUT2D eigenvalue weighted by atomic mass is 10.0. The maximum Gasteiger partial charge on any atom is 0.242 e. The molecule has 0 saturated heterocycles. The topological polar surface area (TPSA) is 101 Å². The summed E-state index contributed by atoms with van der Waals surface area (Å²) in [5, 5.41) is 14.4. The van der Waals surface area contributed by atoms with Gasteiger partial charge in [0.25, 0.3) is 0 Å². The Labute approximate surface area is 169 Å². The fourth-order valence-electron chi connectivity index (χ4n) is 2.77. The van der Waals surface area contributed by atoms with Crippen LogP contribution in [0.5, 0.6) is 0 Å². The highest BCUT2D eigenvalue weighted by atomic mass is 35.5. The lowest BCUT2D eigenvalue weighted by molar-refractivity contribution is 0.266. The first-order valence-corrected chi connectivity index (χ1v) is 10.3. The third-order valence-electron chi connectivity index (χ3n) is 4.33. The molecule has 1 aromatic heterocycles. The predicted octanol–water partition coefficient (Wildman–Crippen LogP) is 1.99. The van der Waals surface area contributed by atoms with Crippen LogP contribution in [0.4, 0.5) is 4.39 Å². The number of hydrogen-bond acceptors (Lipinski definition) is 5. The lowest BCUT2D eigenvalue weighted by Crippen LogP contribution is -2.22. The zero-order valence-corrected chi connectivity index (χ0v) is 17.6. The Morgan fingerprint density at radius 3 is 2.64 bits per heavy atom. The van der Waals surface area contributed by atoms with Crippen molar-refractivity contribution in [3.05, 3.63) is 57.6 Å². The highest BCUT2D eigenvalue weighted by molar-refractivity contribution is 7.89. The molecular weight excluding hydrogens is 407 g/mol. The van der Waals surface area contributed by atoms with Crippen LogP contribution < -0.4 is 5.73 Å². The second kappa shape index (κ2) is 9.15. The van der Waals surface area contributed by atoms with Gasteiger partial charge in [-0.2, -0.15) is 5.10 Å². The van der Waals surface area contributed by atoms with Crippen molar-refractivity contribution in [2.45, 2.75) is 31.4 Å². The van der Waals surface area contributed by atoms with Crippen LogP contribution in [0.15, 0.2) is 35.0 Å². The van der Waals surface area contributed by atoms with Crippen LogP contribution in [0.3, 0.4) is 0 Å². The number of benzene rings is 1. The van der Waals surface area contributed by atoms with Gasteiger partial charge in [0.05, 0.1) is 29.4 Å². The Balaban J connectivity index is 2.38. The number of aliphatic hydroxyl groups excluding tert-OH is 1.